The lowest BCUT2D eigenvalue weighted by atomic mass is 9.99. The highest BCUT2D eigenvalue weighted by atomic mass is 19.1. The molecule has 0 aliphatic carbocycles. The summed E-state index contributed by atoms with van der Waals surface area (Å²) >= 11 is 0. The van der Waals surface area contributed by atoms with E-state index in [1.807, 2.05) is 6.92 Å². The van der Waals surface area contributed by atoms with Crippen LogP contribution in [0.5, 0.6) is 5.75 Å². The molecule has 3 heterocycles. The molecule has 4 rings (SSSR count). The first kappa shape index (κ1) is 23.0. The minimum absolute atomic E-state index is 0.00493. The van der Waals surface area contributed by atoms with Crippen LogP contribution in [0.2, 0.25) is 0 Å². The minimum atomic E-state index is -0.975. The van der Waals surface area contributed by atoms with Crippen LogP contribution in [-0.2, 0) is 4.79 Å². The van der Waals surface area contributed by atoms with Crippen molar-refractivity contribution in [3.8, 4) is 11.8 Å². The number of fused-ring (bicyclic) bond motifs is 1. The quantitative estimate of drug-likeness (QED) is 0.367. The molecule has 0 bridgehead atoms. The second-order valence-corrected chi connectivity index (χ2v) is 8.85. The topological polar surface area (TPSA) is 142 Å². The van der Waals surface area contributed by atoms with Crippen molar-refractivity contribution in [2.45, 2.75) is 38.4 Å². The highest BCUT2D eigenvalue weighted by Crippen LogP contribution is 2.30. The molecule has 2 aromatic rings. The van der Waals surface area contributed by atoms with E-state index < -0.39 is 28.7 Å². The molecule has 4 N–H and O–H groups in total. The average Bonchev–Trinajstić information content (AvgIpc) is 3.46. The summed E-state index contributed by atoms with van der Waals surface area (Å²) in [5.41, 5.74) is 3.05. The molecule has 33 heavy (non-hydrogen) atoms. The van der Waals surface area contributed by atoms with Crippen LogP contribution in [0.1, 0.15) is 36.7 Å². The Morgan fingerprint density at radius 1 is 1.48 bits per heavy atom. The van der Waals surface area contributed by atoms with Crippen LogP contribution in [0, 0.1) is 34.2 Å². The van der Waals surface area contributed by atoms with Crippen LogP contribution in [0.25, 0.3) is 10.9 Å². The van der Waals surface area contributed by atoms with E-state index in [4.69, 9.17) is 4.74 Å². The first-order chi connectivity index (χ1) is 15.7. The van der Waals surface area contributed by atoms with Gasteiger partial charge in [0.15, 0.2) is 6.17 Å². The molecule has 2 aliphatic rings. The van der Waals surface area contributed by atoms with Gasteiger partial charge < -0.3 is 20.2 Å². The summed E-state index contributed by atoms with van der Waals surface area (Å²) in [6, 6.07) is 5.44. The molecule has 0 spiro atoms. The van der Waals surface area contributed by atoms with E-state index >= 15 is 0 Å². The van der Waals surface area contributed by atoms with E-state index in [0.717, 1.165) is 0 Å². The molecular weight excluding hydrogens is 431 g/mol. The zero-order valence-electron chi connectivity index (χ0n) is 18.5. The molecule has 2 aliphatic heterocycles. The third-order valence-corrected chi connectivity index (χ3v) is 6.39. The van der Waals surface area contributed by atoms with Crippen molar-refractivity contribution in [2.75, 3.05) is 20.2 Å². The number of hydrogen-bond donors (Lipinski definition) is 4. The van der Waals surface area contributed by atoms with Gasteiger partial charge in [0, 0.05) is 30.2 Å². The standard InChI is InChI=1S/C22H27FN6O4/c1-12-7-19(29(32,11-12)28-14(10-24)8-13-5-6-25-21(13)30)27-22(31)17-9-15-18(33-2)4-3-16(23)20(15)26-17/h3-4,9,12-14,19,26,28H,5-8,11H2,1-2H3,(H,25,30)(H,27,31)/t12?,13-,14-,19-,29?/m0/s1. The number of carbonyl (C=O) groups is 2. The van der Waals surface area contributed by atoms with Gasteiger partial charge in [-0.25, -0.2) is 4.39 Å². The number of hydrogen-bond acceptors (Lipinski definition) is 6. The molecule has 11 heteroatoms. The normalized spacial score (nSPS) is 27.8. The highest BCUT2D eigenvalue weighted by Gasteiger charge is 2.43. The largest absolute Gasteiger partial charge is 0.610 e. The fourth-order valence-corrected chi connectivity index (χ4v) is 4.76. The van der Waals surface area contributed by atoms with Gasteiger partial charge in [-0.15, -0.1) is 5.43 Å². The monoisotopic (exact) mass is 458 g/mol. The molecule has 10 nitrogen and oxygen atoms in total. The number of benzene rings is 1. The molecule has 0 radical (unpaired) electrons. The number of hydroxylamine groups is 2. The van der Waals surface area contributed by atoms with E-state index in [2.05, 4.69) is 27.1 Å². The van der Waals surface area contributed by atoms with E-state index in [9.17, 15) is 24.4 Å². The van der Waals surface area contributed by atoms with Crippen LogP contribution < -0.4 is 20.8 Å². The van der Waals surface area contributed by atoms with Crippen LogP contribution in [0.4, 0.5) is 4.39 Å². The number of nitrogens with one attached hydrogen (secondary N) is 4. The Labute approximate surface area is 190 Å². The fraction of sp³-hybridized carbons (Fsp3) is 0.500. The molecule has 5 atom stereocenters. The van der Waals surface area contributed by atoms with E-state index in [1.54, 1.807) is 0 Å². The Morgan fingerprint density at radius 2 is 2.27 bits per heavy atom. The third kappa shape index (κ3) is 4.50. The summed E-state index contributed by atoms with van der Waals surface area (Å²) in [5, 5.41) is 29.1. The Hall–Kier alpha value is -3.20. The second kappa shape index (κ2) is 8.97. The lowest BCUT2D eigenvalue weighted by Gasteiger charge is -2.44. The molecule has 0 saturated carbocycles. The van der Waals surface area contributed by atoms with Crippen molar-refractivity contribution in [1.82, 2.24) is 21.0 Å². The van der Waals surface area contributed by atoms with E-state index in [-0.39, 0.29) is 41.9 Å². The highest BCUT2D eigenvalue weighted by molar-refractivity contribution is 5.99. The Bertz CT molecular complexity index is 1110. The second-order valence-electron chi connectivity index (χ2n) is 8.85. The van der Waals surface area contributed by atoms with Crippen LogP contribution >= 0.6 is 0 Å². The number of methoxy groups -OCH3 is 1. The number of quaternary nitrogens is 1. The zero-order valence-corrected chi connectivity index (χ0v) is 18.5. The van der Waals surface area contributed by atoms with Gasteiger partial charge in [0.25, 0.3) is 5.91 Å². The summed E-state index contributed by atoms with van der Waals surface area (Å²) in [6.45, 7) is 2.62. The van der Waals surface area contributed by atoms with Crippen molar-refractivity contribution in [1.29, 1.82) is 5.26 Å². The Morgan fingerprint density at radius 3 is 2.94 bits per heavy atom. The summed E-state index contributed by atoms with van der Waals surface area (Å²) in [5.74, 6) is -1.11. The number of halogens is 1. The van der Waals surface area contributed by atoms with Gasteiger partial charge in [-0.2, -0.15) is 5.26 Å². The number of nitriles is 1. The van der Waals surface area contributed by atoms with Gasteiger partial charge in [-0.1, -0.05) is 6.92 Å². The Kier molecular flexibility index (Phi) is 6.25. The summed E-state index contributed by atoms with van der Waals surface area (Å²) < 4.78 is 18.5. The summed E-state index contributed by atoms with van der Waals surface area (Å²) in [7, 11) is 1.45. The van der Waals surface area contributed by atoms with Crippen molar-refractivity contribution in [3.05, 3.63) is 34.9 Å². The maximum Gasteiger partial charge on any atom is 0.272 e. The molecule has 1 aromatic heterocycles. The minimum Gasteiger partial charge on any atom is -0.610 e. The Balaban J connectivity index is 1.51. The van der Waals surface area contributed by atoms with Gasteiger partial charge in [0.1, 0.15) is 29.8 Å². The molecule has 2 saturated heterocycles. The number of nitrogens with zero attached hydrogens (tertiary/aromatic N) is 2. The van der Waals surface area contributed by atoms with E-state index in [0.29, 0.717) is 30.5 Å². The predicted molar refractivity (Wildman–Crippen MR) is 117 cm³/mol. The van der Waals surface area contributed by atoms with Crippen LogP contribution in [-0.4, -0.2) is 54.0 Å². The van der Waals surface area contributed by atoms with Crippen molar-refractivity contribution >= 4 is 22.7 Å². The third-order valence-electron chi connectivity index (χ3n) is 6.39. The molecule has 2 unspecified atom stereocenters. The van der Waals surface area contributed by atoms with Gasteiger partial charge in [0.05, 0.1) is 18.7 Å². The van der Waals surface area contributed by atoms with Gasteiger partial charge >= 0.3 is 0 Å². The molecule has 1 aromatic carbocycles. The number of aromatic amines is 1. The first-order valence-electron chi connectivity index (χ1n) is 10.9. The number of aromatic nitrogens is 1. The van der Waals surface area contributed by atoms with E-state index in [1.165, 1.54) is 25.3 Å². The van der Waals surface area contributed by atoms with Crippen molar-refractivity contribution in [3.63, 3.8) is 0 Å². The van der Waals surface area contributed by atoms with Gasteiger partial charge in [-0.05, 0) is 31.0 Å². The molecular formula is C22H27FN6O4. The molecule has 2 amide bonds. The van der Waals surface area contributed by atoms with Crippen molar-refractivity contribution < 1.29 is 23.5 Å². The zero-order chi connectivity index (χ0) is 23.8. The summed E-state index contributed by atoms with van der Waals surface area (Å²) in [4.78, 5) is 27.6. The molecule has 176 valence electrons. The maximum absolute atomic E-state index is 14.2. The van der Waals surface area contributed by atoms with Crippen LogP contribution in [0.15, 0.2) is 18.2 Å². The number of H-pyrrole nitrogens is 1. The SMILES string of the molecule is COc1ccc(F)c2[nH]c(C(=O)N[C@@H]3CC(C)C[N+]3([O-])N[C@H](C#N)C[C@@H]3CCNC3=O)cc12. The van der Waals surface area contributed by atoms with Crippen molar-refractivity contribution in [2.24, 2.45) is 11.8 Å². The van der Waals surface area contributed by atoms with Gasteiger partial charge in [0.2, 0.25) is 5.91 Å². The lowest BCUT2D eigenvalue weighted by molar-refractivity contribution is -0.940. The number of amides is 2. The fourth-order valence-electron chi connectivity index (χ4n) is 4.76. The van der Waals surface area contributed by atoms with Crippen LogP contribution in [0.3, 0.4) is 0 Å². The number of rotatable bonds is 7. The maximum atomic E-state index is 14.2. The summed E-state index contributed by atoms with van der Waals surface area (Å²) in [6.07, 6.45) is 0.399. The lowest BCUT2D eigenvalue weighted by Crippen LogP contribution is -2.64. The average molecular weight is 458 g/mol. The smallest absolute Gasteiger partial charge is 0.272 e. The number of ether oxygens (including phenoxy) is 1. The molecule has 2 fully saturated rings. The first-order valence-corrected chi connectivity index (χ1v) is 10.9. The number of carbonyl (C=O) groups excluding carboxylic acids is 2. The predicted octanol–water partition coefficient (Wildman–Crippen LogP) is 1.65. The van der Waals surface area contributed by atoms with Gasteiger partial charge in [-0.3, -0.25) is 19.7 Å².